The molecule has 1 atom stereocenters. The number of halogens is 3. The van der Waals surface area contributed by atoms with Gasteiger partial charge >= 0.3 is 5.97 Å². The van der Waals surface area contributed by atoms with Crippen LogP contribution in [0.15, 0.2) is 18.2 Å². The van der Waals surface area contributed by atoms with Crippen LogP contribution in [0.1, 0.15) is 35.7 Å². The van der Waals surface area contributed by atoms with Crippen LogP contribution < -0.4 is 0 Å². The van der Waals surface area contributed by atoms with Gasteiger partial charge in [-0.3, -0.25) is 14.5 Å². The van der Waals surface area contributed by atoms with Gasteiger partial charge in [-0.25, -0.2) is 13.2 Å². The standard InChI is InChI=1S/C16H19F3N2O3/c1-10(8-14(22)23)20-4-6-21(7-5-20)16(24)12-3-2-11(15(18)19)9-13(12)17/h2-3,9-10,15H,4-8H2,1H3,(H,22,23). The Bertz CT molecular complexity index is 617. The van der Waals surface area contributed by atoms with Gasteiger partial charge in [0, 0.05) is 37.8 Å². The molecule has 5 nitrogen and oxygen atoms in total. The molecule has 0 spiro atoms. The number of hydrogen-bond donors (Lipinski definition) is 1. The van der Waals surface area contributed by atoms with E-state index in [1.807, 2.05) is 4.90 Å². The number of piperazine rings is 1. The van der Waals surface area contributed by atoms with Gasteiger partial charge in [-0.1, -0.05) is 6.07 Å². The minimum atomic E-state index is -2.79. The van der Waals surface area contributed by atoms with Crippen molar-refractivity contribution in [3.8, 4) is 0 Å². The fourth-order valence-corrected chi connectivity index (χ4v) is 2.76. The fraction of sp³-hybridized carbons (Fsp3) is 0.500. The maximum Gasteiger partial charge on any atom is 0.304 e. The van der Waals surface area contributed by atoms with Crippen LogP contribution in [0.5, 0.6) is 0 Å². The molecule has 1 heterocycles. The molecule has 1 unspecified atom stereocenters. The van der Waals surface area contributed by atoms with E-state index in [0.717, 1.165) is 12.1 Å². The third-order valence-corrected chi connectivity index (χ3v) is 4.17. The Balaban J connectivity index is 1.99. The lowest BCUT2D eigenvalue weighted by Gasteiger charge is -2.37. The highest BCUT2D eigenvalue weighted by Crippen LogP contribution is 2.22. The molecule has 1 saturated heterocycles. The number of aliphatic carboxylic acids is 1. The van der Waals surface area contributed by atoms with Crippen molar-refractivity contribution in [2.45, 2.75) is 25.8 Å². The van der Waals surface area contributed by atoms with Gasteiger partial charge in [0.25, 0.3) is 12.3 Å². The molecular formula is C16H19F3N2O3. The Morgan fingerprint density at radius 2 is 1.83 bits per heavy atom. The van der Waals surface area contributed by atoms with Gasteiger partial charge in [0.15, 0.2) is 0 Å². The smallest absolute Gasteiger partial charge is 0.304 e. The van der Waals surface area contributed by atoms with Crippen LogP contribution in [0.3, 0.4) is 0 Å². The summed E-state index contributed by atoms with van der Waals surface area (Å²) in [5.74, 6) is -2.39. The highest BCUT2D eigenvalue weighted by Gasteiger charge is 2.27. The van der Waals surface area contributed by atoms with Crippen molar-refractivity contribution in [2.24, 2.45) is 0 Å². The van der Waals surface area contributed by atoms with Crippen LogP contribution in [0.2, 0.25) is 0 Å². The molecule has 0 radical (unpaired) electrons. The van der Waals surface area contributed by atoms with Gasteiger partial charge in [0.05, 0.1) is 12.0 Å². The molecule has 1 aromatic rings. The van der Waals surface area contributed by atoms with E-state index in [0.29, 0.717) is 32.2 Å². The summed E-state index contributed by atoms with van der Waals surface area (Å²) in [5, 5.41) is 8.81. The fourth-order valence-electron chi connectivity index (χ4n) is 2.76. The van der Waals surface area contributed by atoms with Crippen LogP contribution in [-0.4, -0.2) is 59.0 Å². The number of carboxylic acids is 1. The second-order valence-corrected chi connectivity index (χ2v) is 5.82. The van der Waals surface area contributed by atoms with E-state index in [9.17, 15) is 22.8 Å². The van der Waals surface area contributed by atoms with Gasteiger partial charge in [-0.2, -0.15) is 0 Å². The minimum Gasteiger partial charge on any atom is -0.481 e. The highest BCUT2D eigenvalue weighted by atomic mass is 19.3. The van der Waals surface area contributed by atoms with Crippen LogP contribution in [-0.2, 0) is 4.79 Å². The normalized spacial score (nSPS) is 17.1. The third kappa shape index (κ3) is 4.25. The lowest BCUT2D eigenvalue weighted by atomic mass is 10.1. The molecule has 1 fully saturated rings. The first kappa shape index (κ1) is 18.3. The second-order valence-electron chi connectivity index (χ2n) is 5.82. The average molecular weight is 344 g/mol. The summed E-state index contributed by atoms with van der Waals surface area (Å²) in [6.45, 7) is 3.43. The number of rotatable bonds is 5. The Labute approximate surface area is 137 Å². The topological polar surface area (TPSA) is 60.9 Å². The molecule has 1 aromatic carbocycles. The van der Waals surface area contributed by atoms with E-state index in [4.69, 9.17) is 5.11 Å². The number of amides is 1. The van der Waals surface area contributed by atoms with Crippen LogP contribution >= 0.6 is 0 Å². The largest absolute Gasteiger partial charge is 0.481 e. The number of carbonyl (C=O) groups excluding carboxylic acids is 1. The van der Waals surface area contributed by atoms with Gasteiger partial charge in [0.2, 0.25) is 0 Å². The van der Waals surface area contributed by atoms with E-state index in [-0.39, 0.29) is 18.0 Å². The van der Waals surface area contributed by atoms with Crippen molar-refractivity contribution < 1.29 is 27.9 Å². The zero-order chi connectivity index (χ0) is 17.9. The predicted octanol–water partition coefficient (Wildman–Crippen LogP) is 2.38. The maximum absolute atomic E-state index is 13.9. The van der Waals surface area contributed by atoms with Crippen molar-refractivity contribution in [1.82, 2.24) is 9.80 Å². The Morgan fingerprint density at radius 1 is 1.21 bits per heavy atom. The van der Waals surface area contributed by atoms with Crippen molar-refractivity contribution >= 4 is 11.9 Å². The molecule has 0 aromatic heterocycles. The molecular weight excluding hydrogens is 325 g/mol. The molecule has 1 aliphatic rings. The third-order valence-electron chi connectivity index (χ3n) is 4.17. The molecule has 0 aliphatic carbocycles. The first-order valence-corrected chi connectivity index (χ1v) is 7.62. The highest BCUT2D eigenvalue weighted by molar-refractivity contribution is 5.94. The Kier molecular flexibility index (Phi) is 5.82. The monoisotopic (exact) mass is 344 g/mol. The van der Waals surface area contributed by atoms with Crippen molar-refractivity contribution in [2.75, 3.05) is 26.2 Å². The van der Waals surface area contributed by atoms with Crippen LogP contribution in [0.4, 0.5) is 13.2 Å². The lowest BCUT2D eigenvalue weighted by molar-refractivity contribution is -0.138. The molecule has 132 valence electrons. The quantitative estimate of drug-likeness (QED) is 0.891. The zero-order valence-corrected chi connectivity index (χ0v) is 13.2. The minimum absolute atomic E-state index is 0.0116. The zero-order valence-electron chi connectivity index (χ0n) is 13.2. The Hall–Kier alpha value is -2.09. The van der Waals surface area contributed by atoms with Crippen LogP contribution in [0, 0.1) is 5.82 Å². The van der Waals surface area contributed by atoms with E-state index in [1.54, 1.807) is 6.92 Å². The molecule has 0 bridgehead atoms. The molecule has 2 rings (SSSR count). The first-order valence-electron chi connectivity index (χ1n) is 7.62. The lowest BCUT2D eigenvalue weighted by Crippen LogP contribution is -2.51. The number of nitrogens with zero attached hydrogens (tertiary/aromatic N) is 2. The molecule has 1 N–H and O–H groups in total. The summed E-state index contributed by atoms with van der Waals surface area (Å²) in [4.78, 5) is 26.5. The summed E-state index contributed by atoms with van der Waals surface area (Å²) in [6.07, 6.45) is -2.78. The molecule has 1 amide bonds. The van der Waals surface area contributed by atoms with E-state index >= 15 is 0 Å². The number of carbonyl (C=O) groups is 2. The summed E-state index contributed by atoms with van der Waals surface area (Å²) in [7, 11) is 0. The second kappa shape index (κ2) is 7.65. The number of hydrogen-bond acceptors (Lipinski definition) is 3. The summed E-state index contributed by atoms with van der Waals surface area (Å²) in [5.41, 5.74) is -0.692. The van der Waals surface area contributed by atoms with Gasteiger partial charge in [0.1, 0.15) is 5.82 Å². The van der Waals surface area contributed by atoms with E-state index in [2.05, 4.69) is 0 Å². The van der Waals surface area contributed by atoms with Gasteiger partial charge in [-0.05, 0) is 19.1 Å². The maximum atomic E-state index is 13.9. The van der Waals surface area contributed by atoms with Crippen molar-refractivity contribution in [1.29, 1.82) is 0 Å². The van der Waals surface area contributed by atoms with E-state index in [1.165, 1.54) is 4.90 Å². The van der Waals surface area contributed by atoms with E-state index < -0.39 is 29.7 Å². The Morgan fingerprint density at radius 3 is 2.33 bits per heavy atom. The van der Waals surface area contributed by atoms with Crippen molar-refractivity contribution in [3.63, 3.8) is 0 Å². The summed E-state index contributed by atoms with van der Waals surface area (Å²) >= 11 is 0. The number of alkyl halides is 2. The number of carboxylic acid groups (broad SMARTS) is 1. The number of benzene rings is 1. The predicted molar refractivity (Wildman–Crippen MR) is 80.5 cm³/mol. The van der Waals surface area contributed by atoms with Gasteiger partial charge < -0.3 is 10.0 Å². The molecule has 24 heavy (non-hydrogen) atoms. The van der Waals surface area contributed by atoms with Crippen molar-refractivity contribution in [3.05, 3.63) is 35.1 Å². The van der Waals surface area contributed by atoms with Gasteiger partial charge in [-0.15, -0.1) is 0 Å². The molecule has 8 heteroatoms. The summed E-state index contributed by atoms with van der Waals surface area (Å²) in [6, 6.07) is 2.66. The molecule has 0 saturated carbocycles. The SMILES string of the molecule is CC(CC(=O)O)N1CCN(C(=O)c2ccc(C(F)F)cc2F)CC1. The average Bonchev–Trinajstić information content (AvgIpc) is 2.53. The summed E-state index contributed by atoms with van der Waals surface area (Å²) < 4.78 is 39.0. The molecule has 1 aliphatic heterocycles. The first-order chi connectivity index (χ1) is 11.3. The van der Waals surface area contributed by atoms with Crippen LogP contribution in [0.25, 0.3) is 0 Å².